The first-order valence-corrected chi connectivity index (χ1v) is 10.8. The average Bonchev–Trinajstić information content (AvgIpc) is 2.96. The van der Waals surface area contributed by atoms with Crippen molar-refractivity contribution in [3.8, 4) is 11.5 Å². The van der Waals surface area contributed by atoms with Crippen LogP contribution >= 0.6 is 28.1 Å². The minimum absolute atomic E-state index is 0.174. The van der Waals surface area contributed by atoms with E-state index in [4.69, 9.17) is 21.7 Å². The molecule has 1 aliphatic heterocycles. The van der Waals surface area contributed by atoms with Crippen molar-refractivity contribution in [1.82, 2.24) is 4.90 Å². The summed E-state index contributed by atoms with van der Waals surface area (Å²) in [6.45, 7) is 8.94. The molecule has 0 unspecified atom stereocenters. The van der Waals surface area contributed by atoms with E-state index in [0.717, 1.165) is 15.7 Å². The zero-order valence-corrected chi connectivity index (χ0v) is 19.3. The molecule has 2 aromatic carbocycles. The van der Waals surface area contributed by atoms with Crippen molar-refractivity contribution in [3.63, 3.8) is 0 Å². The zero-order valence-electron chi connectivity index (χ0n) is 16.9. The minimum atomic E-state index is -0.174. The van der Waals surface area contributed by atoms with Crippen LogP contribution in [0.3, 0.4) is 0 Å². The molecular formula is C23H23BrN2O3S. The van der Waals surface area contributed by atoms with Crippen molar-refractivity contribution < 1.29 is 14.3 Å². The van der Waals surface area contributed by atoms with Crippen molar-refractivity contribution in [2.75, 3.05) is 24.7 Å². The molecule has 1 amide bonds. The SMILES string of the molecule is C=CCN1C(=O)/C(=C\c2cc(Br)c(OCC)c(OCC)c2)N(c2ccccc2)C1=S. The van der Waals surface area contributed by atoms with Gasteiger partial charge in [-0.3, -0.25) is 14.6 Å². The zero-order chi connectivity index (χ0) is 21.7. The number of para-hydroxylation sites is 1. The third-order valence-corrected chi connectivity index (χ3v) is 5.37. The summed E-state index contributed by atoms with van der Waals surface area (Å²) in [7, 11) is 0. The second-order valence-electron chi connectivity index (χ2n) is 6.38. The summed E-state index contributed by atoms with van der Waals surface area (Å²) in [5.74, 6) is 1.08. The molecule has 1 heterocycles. The average molecular weight is 487 g/mol. The van der Waals surface area contributed by atoms with Crippen LogP contribution in [0.1, 0.15) is 19.4 Å². The van der Waals surface area contributed by atoms with Gasteiger partial charge >= 0.3 is 0 Å². The van der Waals surface area contributed by atoms with Gasteiger partial charge in [0.25, 0.3) is 5.91 Å². The topological polar surface area (TPSA) is 42.0 Å². The first-order chi connectivity index (χ1) is 14.5. The van der Waals surface area contributed by atoms with Crippen molar-refractivity contribution in [3.05, 3.63) is 70.9 Å². The molecule has 3 rings (SSSR count). The number of rotatable bonds is 8. The molecule has 0 atom stereocenters. The van der Waals surface area contributed by atoms with Gasteiger partial charge in [-0.1, -0.05) is 24.3 Å². The molecule has 30 heavy (non-hydrogen) atoms. The Morgan fingerprint density at radius 1 is 1.13 bits per heavy atom. The molecule has 0 bridgehead atoms. The molecule has 156 valence electrons. The number of ether oxygens (including phenoxy) is 2. The van der Waals surface area contributed by atoms with E-state index in [-0.39, 0.29) is 5.91 Å². The molecule has 2 aromatic rings. The Morgan fingerprint density at radius 2 is 1.83 bits per heavy atom. The molecule has 7 heteroatoms. The Bertz CT molecular complexity index is 991. The Morgan fingerprint density at radius 3 is 2.47 bits per heavy atom. The van der Waals surface area contributed by atoms with E-state index in [1.54, 1.807) is 11.0 Å². The van der Waals surface area contributed by atoms with Gasteiger partial charge in [-0.25, -0.2) is 0 Å². The lowest BCUT2D eigenvalue weighted by molar-refractivity contribution is -0.121. The van der Waals surface area contributed by atoms with Gasteiger partial charge in [0.2, 0.25) is 0 Å². The number of amides is 1. The summed E-state index contributed by atoms with van der Waals surface area (Å²) in [4.78, 5) is 16.5. The highest BCUT2D eigenvalue weighted by Crippen LogP contribution is 2.38. The molecule has 0 saturated carbocycles. The normalized spacial score (nSPS) is 15.1. The number of anilines is 1. The first-order valence-electron chi connectivity index (χ1n) is 9.64. The van der Waals surface area contributed by atoms with Crippen LogP contribution in [-0.2, 0) is 4.79 Å². The first kappa shape index (κ1) is 22.1. The fourth-order valence-electron chi connectivity index (χ4n) is 3.16. The second-order valence-corrected chi connectivity index (χ2v) is 7.60. The van der Waals surface area contributed by atoms with Crippen LogP contribution in [-0.4, -0.2) is 35.7 Å². The summed E-state index contributed by atoms with van der Waals surface area (Å²) >= 11 is 9.18. The quantitative estimate of drug-likeness (QED) is 0.283. The Labute approximate surface area is 190 Å². The van der Waals surface area contributed by atoms with Crippen LogP contribution in [0, 0.1) is 0 Å². The Balaban J connectivity index is 2.11. The maximum absolute atomic E-state index is 13.2. The molecule has 0 aromatic heterocycles. The molecule has 1 fully saturated rings. The van der Waals surface area contributed by atoms with Crippen molar-refractivity contribution in [2.45, 2.75) is 13.8 Å². The van der Waals surface area contributed by atoms with Gasteiger partial charge in [0, 0.05) is 12.2 Å². The van der Waals surface area contributed by atoms with E-state index < -0.39 is 0 Å². The molecule has 0 spiro atoms. The Hall–Kier alpha value is -2.64. The fourth-order valence-corrected chi connectivity index (χ4v) is 4.10. The van der Waals surface area contributed by atoms with E-state index in [1.165, 1.54) is 4.90 Å². The highest BCUT2D eigenvalue weighted by molar-refractivity contribution is 9.10. The number of thiocarbonyl (C=S) groups is 1. The molecule has 0 aliphatic carbocycles. The molecule has 0 radical (unpaired) electrons. The number of carbonyl (C=O) groups is 1. The molecule has 1 saturated heterocycles. The van der Waals surface area contributed by atoms with E-state index in [2.05, 4.69) is 22.5 Å². The largest absolute Gasteiger partial charge is 0.490 e. The van der Waals surface area contributed by atoms with Gasteiger partial charge in [0.15, 0.2) is 16.6 Å². The third kappa shape index (κ3) is 4.42. The summed E-state index contributed by atoms with van der Waals surface area (Å²) in [6.07, 6.45) is 3.48. The number of nitrogens with zero attached hydrogens (tertiary/aromatic N) is 2. The van der Waals surface area contributed by atoms with E-state index in [1.807, 2.05) is 62.4 Å². The highest BCUT2D eigenvalue weighted by Gasteiger charge is 2.38. The standard InChI is InChI=1S/C23H23BrN2O3S/c1-4-12-25-22(27)19(26(23(25)30)17-10-8-7-9-11-17)14-16-13-18(24)21(29-6-3)20(15-16)28-5-2/h4,7-11,13-15H,1,5-6,12H2,2-3H3/b19-14+. The molecule has 0 N–H and O–H groups in total. The van der Waals surface area contributed by atoms with Crippen LogP contribution in [0.15, 0.2) is 65.3 Å². The number of hydrogen-bond donors (Lipinski definition) is 0. The number of carbonyl (C=O) groups excluding carboxylic acids is 1. The van der Waals surface area contributed by atoms with E-state index in [9.17, 15) is 4.79 Å². The third-order valence-electron chi connectivity index (χ3n) is 4.38. The van der Waals surface area contributed by atoms with Crippen molar-refractivity contribution in [1.29, 1.82) is 0 Å². The van der Waals surface area contributed by atoms with Gasteiger partial charge in [-0.15, -0.1) is 6.58 Å². The van der Waals surface area contributed by atoms with Crippen LogP contribution in [0.4, 0.5) is 5.69 Å². The smallest absolute Gasteiger partial charge is 0.277 e. The number of hydrogen-bond acceptors (Lipinski definition) is 4. The van der Waals surface area contributed by atoms with Crippen LogP contribution in [0.2, 0.25) is 0 Å². The lowest BCUT2D eigenvalue weighted by Crippen LogP contribution is -2.32. The van der Waals surface area contributed by atoms with Crippen LogP contribution < -0.4 is 14.4 Å². The van der Waals surface area contributed by atoms with Gasteiger partial charge in [0.05, 0.1) is 17.7 Å². The summed E-state index contributed by atoms with van der Waals surface area (Å²) < 4.78 is 12.2. The monoisotopic (exact) mass is 486 g/mol. The number of benzene rings is 2. The summed E-state index contributed by atoms with van der Waals surface area (Å²) in [5.41, 5.74) is 2.08. The van der Waals surface area contributed by atoms with Gasteiger partial charge in [-0.05, 0) is 77.9 Å². The maximum Gasteiger partial charge on any atom is 0.277 e. The lowest BCUT2D eigenvalue weighted by atomic mass is 10.1. The fraction of sp³-hybridized carbons (Fsp3) is 0.217. The Kier molecular flexibility index (Phi) is 7.29. The van der Waals surface area contributed by atoms with Crippen molar-refractivity contribution in [2.24, 2.45) is 0 Å². The maximum atomic E-state index is 13.2. The van der Waals surface area contributed by atoms with Crippen molar-refractivity contribution >= 4 is 50.9 Å². The number of halogens is 1. The van der Waals surface area contributed by atoms with E-state index in [0.29, 0.717) is 42.1 Å². The van der Waals surface area contributed by atoms with Gasteiger partial charge in [-0.2, -0.15) is 0 Å². The van der Waals surface area contributed by atoms with Gasteiger partial charge < -0.3 is 9.47 Å². The summed E-state index contributed by atoms with van der Waals surface area (Å²) in [6, 6.07) is 13.4. The van der Waals surface area contributed by atoms with Crippen LogP contribution in [0.25, 0.3) is 6.08 Å². The summed E-state index contributed by atoms with van der Waals surface area (Å²) in [5, 5.41) is 0.424. The predicted octanol–water partition coefficient (Wildman–Crippen LogP) is 5.41. The second kappa shape index (κ2) is 9.91. The predicted molar refractivity (Wildman–Crippen MR) is 128 cm³/mol. The van der Waals surface area contributed by atoms with E-state index >= 15 is 0 Å². The molecule has 1 aliphatic rings. The lowest BCUT2D eigenvalue weighted by Gasteiger charge is -2.19. The highest BCUT2D eigenvalue weighted by atomic mass is 79.9. The van der Waals surface area contributed by atoms with Crippen LogP contribution in [0.5, 0.6) is 11.5 Å². The molecular weight excluding hydrogens is 464 g/mol. The minimum Gasteiger partial charge on any atom is -0.490 e. The molecule has 5 nitrogen and oxygen atoms in total. The van der Waals surface area contributed by atoms with Gasteiger partial charge in [0.1, 0.15) is 5.70 Å².